The Hall–Kier alpha value is -3.44. The first-order chi connectivity index (χ1) is 19.5. The number of fused-ring (bicyclic) bond motifs is 1. The second kappa shape index (κ2) is 13.0. The first-order valence-electron chi connectivity index (χ1n) is 13.0. The number of methoxy groups -OCH3 is 1. The van der Waals surface area contributed by atoms with Crippen LogP contribution < -0.4 is 15.4 Å². The molecule has 0 radical (unpaired) electrons. The van der Waals surface area contributed by atoms with Crippen LogP contribution in [-0.4, -0.2) is 81.7 Å². The molecular formula is C28H33F3N4O5S. The lowest BCUT2D eigenvalue weighted by atomic mass is 10.1. The number of likely N-dealkylation sites (N-methyl/N-ethyl adjacent to an activating group) is 1. The molecule has 1 aromatic heterocycles. The van der Waals surface area contributed by atoms with Gasteiger partial charge in [-0.2, -0.15) is 17.5 Å². The molecule has 222 valence electrons. The van der Waals surface area contributed by atoms with E-state index in [0.717, 1.165) is 22.8 Å². The lowest BCUT2D eigenvalue weighted by Gasteiger charge is -2.24. The number of rotatable bonds is 10. The summed E-state index contributed by atoms with van der Waals surface area (Å²) >= 11 is 0. The number of ether oxygens (including phenoxy) is 2. The van der Waals surface area contributed by atoms with E-state index in [4.69, 9.17) is 14.6 Å². The molecule has 9 nitrogen and oxygen atoms in total. The van der Waals surface area contributed by atoms with Gasteiger partial charge < -0.3 is 29.8 Å². The number of aliphatic hydroxyl groups is 1. The third-order valence-corrected chi connectivity index (χ3v) is 8.60. The predicted octanol–water partition coefficient (Wildman–Crippen LogP) is 3.88. The Morgan fingerprint density at radius 3 is 2.61 bits per heavy atom. The third-order valence-electron chi connectivity index (χ3n) is 6.74. The molecule has 0 bridgehead atoms. The summed E-state index contributed by atoms with van der Waals surface area (Å²) in [5.41, 5.74) is 1.87. The van der Waals surface area contributed by atoms with Crippen LogP contribution in [0.2, 0.25) is 0 Å². The fourth-order valence-electron chi connectivity index (χ4n) is 4.62. The smallest absolute Gasteiger partial charge is 0.406 e. The normalized spacial score (nSPS) is 14.6. The van der Waals surface area contributed by atoms with E-state index in [1.165, 1.54) is 36.9 Å². The van der Waals surface area contributed by atoms with Crippen LogP contribution in [0.3, 0.4) is 0 Å². The van der Waals surface area contributed by atoms with Crippen LogP contribution in [0.5, 0.6) is 5.75 Å². The van der Waals surface area contributed by atoms with Crippen LogP contribution in [0.25, 0.3) is 10.9 Å². The number of anilines is 2. The Morgan fingerprint density at radius 2 is 1.93 bits per heavy atom. The predicted molar refractivity (Wildman–Crippen MR) is 151 cm³/mol. The maximum atomic E-state index is 13.5. The Labute approximate surface area is 237 Å². The average molecular weight is 595 g/mol. The van der Waals surface area contributed by atoms with Gasteiger partial charge in [0.15, 0.2) is 0 Å². The Bertz CT molecular complexity index is 1520. The van der Waals surface area contributed by atoms with Crippen molar-refractivity contribution < 1.29 is 36.2 Å². The zero-order valence-corrected chi connectivity index (χ0v) is 23.6. The molecule has 0 aliphatic carbocycles. The number of nitrogens with zero attached hydrogens (tertiary/aromatic N) is 2. The first kappa shape index (κ1) is 30.5. The molecular weight excluding hydrogens is 561 g/mol. The summed E-state index contributed by atoms with van der Waals surface area (Å²) in [6, 6.07) is 11.3. The van der Waals surface area contributed by atoms with Gasteiger partial charge in [-0.1, -0.05) is 12.0 Å². The second-order valence-electron chi connectivity index (χ2n) is 9.57. The standard InChI is InChI=1S/C28H33F3N4O5S/c1-34(13-14-36)41(37,38)22-8-9-25(27(18-22)39-2)32-12-4-5-21-17-23-24(33-20-10-15-40-16-11-20)6-3-7-26(23)35(21)19-28(29,30)31/h3,6-9,17-18,20,32-33,36H,10-16,19H2,1-2H3. The minimum Gasteiger partial charge on any atom is -0.495 e. The van der Waals surface area contributed by atoms with Gasteiger partial charge in [-0.05, 0) is 49.1 Å². The van der Waals surface area contributed by atoms with E-state index in [0.29, 0.717) is 29.8 Å². The highest BCUT2D eigenvalue weighted by molar-refractivity contribution is 7.89. The highest BCUT2D eigenvalue weighted by Crippen LogP contribution is 2.32. The summed E-state index contributed by atoms with van der Waals surface area (Å²) in [4.78, 5) is -0.0104. The molecule has 0 unspecified atom stereocenters. The maximum absolute atomic E-state index is 13.5. The molecule has 0 amide bonds. The zero-order chi connectivity index (χ0) is 29.6. The molecule has 1 aliphatic heterocycles. The molecule has 3 aromatic rings. The molecule has 3 N–H and O–H groups in total. The van der Waals surface area contributed by atoms with Crippen molar-refractivity contribution in [2.45, 2.75) is 36.5 Å². The molecule has 1 aliphatic rings. The number of aromatic nitrogens is 1. The summed E-state index contributed by atoms with van der Waals surface area (Å²) < 4.78 is 78.9. The van der Waals surface area contributed by atoms with Gasteiger partial charge in [-0.25, -0.2) is 8.42 Å². The monoisotopic (exact) mass is 594 g/mol. The number of sulfonamides is 1. The highest BCUT2D eigenvalue weighted by Gasteiger charge is 2.30. The van der Waals surface area contributed by atoms with Crippen LogP contribution in [0.15, 0.2) is 47.4 Å². The third kappa shape index (κ3) is 7.45. The van der Waals surface area contributed by atoms with E-state index in [1.54, 1.807) is 18.2 Å². The number of aliphatic hydroxyl groups excluding tert-OH is 1. The van der Waals surface area contributed by atoms with E-state index < -0.39 is 22.7 Å². The molecule has 4 rings (SSSR count). The van der Waals surface area contributed by atoms with Crippen molar-refractivity contribution in [3.63, 3.8) is 0 Å². The molecule has 0 spiro atoms. The van der Waals surface area contributed by atoms with E-state index in [-0.39, 0.29) is 42.1 Å². The van der Waals surface area contributed by atoms with Crippen molar-refractivity contribution in [3.05, 3.63) is 48.2 Å². The fraction of sp³-hybridized carbons (Fsp3) is 0.429. The lowest BCUT2D eigenvalue weighted by Crippen LogP contribution is -2.29. The van der Waals surface area contributed by atoms with Crippen molar-refractivity contribution >= 4 is 32.3 Å². The average Bonchev–Trinajstić information content (AvgIpc) is 3.28. The topological polar surface area (TPSA) is 105 Å². The van der Waals surface area contributed by atoms with Crippen LogP contribution >= 0.6 is 0 Å². The summed E-state index contributed by atoms with van der Waals surface area (Å²) in [7, 11) is -1.07. The van der Waals surface area contributed by atoms with Crippen molar-refractivity contribution in [3.8, 4) is 17.6 Å². The van der Waals surface area contributed by atoms with Gasteiger partial charge in [0.2, 0.25) is 10.0 Å². The maximum Gasteiger partial charge on any atom is 0.406 e. The summed E-state index contributed by atoms with van der Waals surface area (Å²) in [5.74, 6) is 5.99. The number of alkyl halides is 3. The highest BCUT2D eigenvalue weighted by atomic mass is 32.2. The Morgan fingerprint density at radius 1 is 1.17 bits per heavy atom. The molecule has 2 heterocycles. The Balaban J connectivity index is 1.57. The summed E-state index contributed by atoms with van der Waals surface area (Å²) in [6.45, 7) is -0.219. The zero-order valence-electron chi connectivity index (χ0n) is 22.8. The van der Waals surface area contributed by atoms with Gasteiger partial charge in [-0.3, -0.25) is 0 Å². The molecule has 13 heteroatoms. The SMILES string of the molecule is COc1cc(S(=O)(=O)N(C)CCO)ccc1NCC#Cc1cc2c(NC3CCOCC3)cccc2n1CC(F)(F)F. The van der Waals surface area contributed by atoms with Crippen LogP contribution in [0.1, 0.15) is 18.5 Å². The van der Waals surface area contributed by atoms with Gasteiger partial charge >= 0.3 is 6.18 Å². The number of halogens is 3. The van der Waals surface area contributed by atoms with Gasteiger partial charge in [-0.15, -0.1) is 0 Å². The molecule has 0 atom stereocenters. The number of nitrogens with one attached hydrogen (secondary N) is 2. The van der Waals surface area contributed by atoms with Crippen molar-refractivity contribution in [1.29, 1.82) is 0 Å². The largest absolute Gasteiger partial charge is 0.495 e. The molecule has 2 aromatic carbocycles. The quantitative estimate of drug-likeness (QED) is 0.306. The molecule has 41 heavy (non-hydrogen) atoms. The minimum atomic E-state index is -4.44. The summed E-state index contributed by atoms with van der Waals surface area (Å²) in [6.07, 6.45) is -2.81. The molecule has 0 saturated carbocycles. The molecule has 1 saturated heterocycles. The van der Waals surface area contributed by atoms with Crippen molar-refractivity contribution in [2.75, 3.05) is 57.7 Å². The number of hydrogen-bond acceptors (Lipinski definition) is 7. The van der Waals surface area contributed by atoms with Gasteiger partial charge in [0, 0.05) is 50.0 Å². The Kier molecular flexibility index (Phi) is 9.70. The number of hydrogen-bond donors (Lipinski definition) is 3. The van der Waals surface area contributed by atoms with E-state index in [9.17, 15) is 21.6 Å². The van der Waals surface area contributed by atoms with E-state index in [1.807, 2.05) is 6.07 Å². The lowest BCUT2D eigenvalue weighted by molar-refractivity contribution is -0.140. The van der Waals surface area contributed by atoms with Crippen molar-refractivity contribution in [2.24, 2.45) is 0 Å². The van der Waals surface area contributed by atoms with E-state index >= 15 is 0 Å². The fourth-order valence-corrected chi connectivity index (χ4v) is 5.80. The van der Waals surface area contributed by atoms with Crippen LogP contribution in [0, 0.1) is 11.8 Å². The van der Waals surface area contributed by atoms with Crippen LogP contribution in [0.4, 0.5) is 24.5 Å². The number of benzene rings is 2. The van der Waals surface area contributed by atoms with Crippen LogP contribution in [-0.2, 0) is 21.3 Å². The van der Waals surface area contributed by atoms with Gasteiger partial charge in [0.1, 0.15) is 12.3 Å². The second-order valence-corrected chi connectivity index (χ2v) is 11.6. The molecule has 1 fully saturated rings. The first-order valence-corrected chi connectivity index (χ1v) is 14.5. The van der Waals surface area contributed by atoms with E-state index in [2.05, 4.69) is 22.5 Å². The summed E-state index contributed by atoms with van der Waals surface area (Å²) in [5, 5.41) is 16.2. The van der Waals surface area contributed by atoms with Gasteiger partial charge in [0.05, 0.1) is 42.1 Å². The van der Waals surface area contributed by atoms with Gasteiger partial charge in [0.25, 0.3) is 0 Å². The minimum absolute atomic E-state index is 0.0104. The van der Waals surface area contributed by atoms with Crippen molar-refractivity contribution in [1.82, 2.24) is 8.87 Å².